The predicted molar refractivity (Wildman–Crippen MR) is 132 cm³/mol. The van der Waals surface area contributed by atoms with E-state index in [0.29, 0.717) is 0 Å². The monoisotopic (exact) mass is 446 g/mol. The third-order valence-corrected chi connectivity index (χ3v) is 6.20. The van der Waals surface area contributed by atoms with E-state index in [1.165, 1.54) is 11.1 Å². The van der Waals surface area contributed by atoms with Crippen molar-refractivity contribution < 1.29 is 4.74 Å². The van der Waals surface area contributed by atoms with Crippen molar-refractivity contribution in [1.29, 1.82) is 0 Å². The molecule has 0 aliphatic heterocycles. The van der Waals surface area contributed by atoms with Gasteiger partial charge in [0, 0.05) is 11.1 Å². The summed E-state index contributed by atoms with van der Waals surface area (Å²) in [5, 5.41) is 0. The maximum Gasteiger partial charge on any atom is 0.159 e. The molecule has 0 amide bonds. The van der Waals surface area contributed by atoms with Crippen molar-refractivity contribution in [2.75, 3.05) is 0 Å². The van der Waals surface area contributed by atoms with Crippen molar-refractivity contribution >= 4 is 23.2 Å². The van der Waals surface area contributed by atoms with Crippen molar-refractivity contribution in [1.82, 2.24) is 0 Å². The lowest BCUT2D eigenvalue weighted by Gasteiger charge is -2.22. The van der Waals surface area contributed by atoms with Gasteiger partial charge in [-0.1, -0.05) is 120 Å². The van der Waals surface area contributed by atoms with Gasteiger partial charge >= 0.3 is 0 Å². The van der Waals surface area contributed by atoms with Gasteiger partial charge in [-0.15, -0.1) is 0 Å². The fourth-order valence-electron chi connectivity index (χ4n) is 3.88. The number of rotatable bonds is 6. The van der Waals surface area contributed by atoms with Gasteiger partial charge in [-0.25, -0.2) is 0 Å². The molecule has 2 unspecified atom stereocenters. The van der Waals surface area contributed by atoms with Crippen LogP contribution in [0.1, 0.15) is 33.4 Å². The fraction of sp³-hybridized carbons (Fsp3) is 0.143. The lowest BCUT2D eigenvalue weighted by molar-refractivity contribution is 0.0827. The van der Waals surface area contributed by atoms with Gasteiger partial charge in [0.25, 0.3) is 0 Å². The number of benzene rings is 4. The molecule has 0 aliphatic rings. The van der Waals surface area contributed by atoms with Crippen molar-refractivity contribution in [2.24, 2.45) is 0 Å². The first-order valence-corrected chi connectivity index (χ1v) is 11.2. The van der Waals surface area contributed by atoms with Crippen LogP contribution in [-0.2, 0) is 4.74 Å². The van der Waals surface area contributed by atoms with Crippen LogP contribution >= 0.6 is 23.2 Å². The van der Waals surface area contributed by atoms with Gasteiger partial charge in [0.1, 0.15) is 0 Å². The topological polar surface area (TPSA) is 9.23 Å². The average molecular weight is 447 g/mol. The summed E-state index contributed by atoms with van der Waals surface area (Å²) < 4.78 is 6.16. The Kier molecular flexibility index (Phi) is 6.77. The zero-order chi connectivity index (χ0) is 21.8. The summed E-state index contributed by atoms with van der Waals surface area (Å²) in [5.74, 6) is 0. The Balaban J connectivity index is 1.66. The minimum atomic E-state index is -0.691. The van der Waals surface area contributed by atoms with Crippen molar-refractivity contribution in [3.8, 4) is 22.3 Å². The third kappa shape index (κ3) is 4.70. The molecule has 0 spiro atoms. The Labute approximate surface area is 194 Å². The second-order valence-corrected chi connectivity index (χ2v) is 8.37. The van der Waals surface area contributed by atoms with Crippen LogP contribution in [0.3, 0.4) is 0 Å². The molecule has 0 aromatic heterocycles. The van der Waals surface area contributed by atoms with Crippen LogP contribution in [0.5, 0.6) is 0 Å². The molecule has 0 heterocycles. The van der Waals surface area contributed by atoms with E-state index in [-0.39, 0.29) is 0 Å². The lowest BCUT2D eigenvalue weighted by Crippen LogP contribution is -2.05. The SMILES string of the molecule is Cc1ccccc1-c1ccccc1C(Cl)OC(Cl)c1ccccc1-c1ccccc1C. The van der Waals surface area contributed by atoms with Crippen molar-refractivity contribution in [2.45, 2.75) is 25.0 Å². The van der Waals surface area contributed by atoms with Gasteiger partial charge in [0.15, 0.2) is 11.1 Å². The predicted octanol–water partition coefficient (Wildman–Crippen LogP) is 8.83. The summed E-state index contributed by atoms with van der Waals surface area (Å²) in [6.07, 6.45) is 0. The number of alkyl halides is 2. The molecule has 4 aromatic carbocycles. The van der Waals surface area contributed by atoms with E-state index in [9.17, 15) is 0 Å². The van der Waals surface area contributed by atoms with Gasteiger partial charge < -0.3 is 4.74 Å². The Morgan fingerprint density at radius 2 is 0.806 bits per heavy atom. The van der Waals surface area contributed by atoms with E-state index in [4.69, 9.17) is 27.9 Å². The summed E-state index contributed by atoms with van der Waals surface area (Å²) in [6, 6.07) is 32.6. The molecule has 0 N–H and O–H groups in total. The summed E-state index contributed by atoms with van der Waals surface area (Å²) in [5.41, 5.74) is 7.17. The number of hydrogen-bond donors (Lipinski definition) is 0. The Bertz CT molecular complexity index is 1090. The lowest BCUT2D eigenvalue weighted by atomic mass is 9.96. The first kappa shape index (κ1) is 21.6. The molecule has 31 heavy (non-hydrogen) atoms. The molecule has 0 saturated carbocycles. The number of hydrogen-bond acceptors (Lipinski definition) is 1. The zero-order valence-electron chi connectivity index (χ0n) is 17.6. The van der Waals surface area contributed by atoms with Gasteiger partial charge in [0.2, 0.25) is 0 Å². The third-order valence-electron chi connectivity index (χ3n) is 5.52. The quantitative estimate of drug-likeness (QED) is 0.268. The molecule has 0 radical (unpaired) electrons. The van der Waals surface area contributed by atoms with Crippen molar-refractivity contribution in [3.05, 3.63) is 119 Å². The van der Waals surface area contributed by atoms with Crippen LogP contribution in [0.15, 0.2) is 97.1 Å². The molecule has 0 aliphatic carbocycles. The standard InChI is InChI=1S/C28H24Cl2O/c1-19-11-3-5-13-21(19)23-15-7-9-17-25(23)27(29)31-28(30)26-18-10-8-16-24(26)22-14-6-4-12-20(22)2/h3-18,27-28H,1-2H3. The summed E-state index contributed by atoms with van der Waals surface area (Å²) in [7, 11) is 0. The maximum absolute atomic E-state index is 6.78. The fourth-order valence-corrected chi connectivity index (χ4v) is 4.52. The van der Waals surface area contributed by atoms with E-state index in [2.05, 4.69) is 50.2 Å². The van der Waals surface area contributed by atoms with E-state index in [0.717, 1.165) is 33.4 Å². The van der Waals surface area contributed by atoms with E-state index >= 15 is 0 Å². The number of halogens is 2. The maximum atomic E-state index is 6.78. The van der Waals surface area contributed by atoms with Crippen LogP contribution < -0.4 is 0 Å². The number of ether oxygens (including phenoxy) is 1. The van der Waals surface area contributed by atoms with Crippen LogP contribution in [0, 0.1) is 13.8 Å². The first-order valence-electron chi connectivity index (χ1n) is 10.3. The van der Waals surface area contributed by atoms with Crippen LogP contribution in [-0.4, -0.2) is 0 Å². The van der Waals surface area contributed by atoms with E-state index < -0.39 is 11.1 Å². The molecule has 0 saturated heterocycles. The minimum Gasteiger partial charge on any atom is -0.335 e. The van der Waals surface area contributed by atoms with Gasteiger partial charge in [-0.05, 0) is 47.2 Å². The Morgan fingerprint density at radius 1 is 0.484 bits per heavy atom. The zero-order valence-corrected chi connectivity index (χ0v) is 19.1. The molecular formula is C28H24Cl2O. The van der Waals surface area contributed by atoms with E-state index in [1.54, 1.807) is 0 Å². The van der Waals surface area contributed by atoms with Crippen LogP contribution in [0.25, 0.3) is 22.3 Å². The second-order valence-electron chi connectivity index (χ2n) is 7.57. The Hall–Kier alpha value is -2.58. The normalized spacial score (nSPS) is 13.0. The summed E-state index contributed by atoms with van der Waals surface area (Å²) in [6.45, 7) is 4.19. The highest BCUT2D eigenvalue weighted by Gasteiger charge is 2.22. The molecule has 3 heteroatoms. The van der Waals surface area contributed by atoms with Crippen LogP contribution in [0.2, 0.25) is 0 Å². The Morgan fingerprint density at radius 3 is 1.19 bits per heavy atom. The second kappa shape index (κ2) is 9.70. The summed E-state index contributed by atoms with van der Waals surface area (Å²) >= 11 is 13.6. The molecule has 2 atom stereocenters. The molecular weight excluding hydrogens is 423 g/mol. The first-order chi connectivity index (χ1) is 15.1. The van der Waals surface area contributed by atoms with E-state index in [1.807, 2.05) is 60.7 Å². The molecule has 1 nitrogen and oxygen atoms in total. The highest BCUT2D eigenvalue weighted by Crippen LogP contribution is 2.40. The molecule has 4 aromatic rings. The van der Waals surface area contributed by atoms with Crippen molar-refractivity contribution in [3.63, 3.8) is 0 Å². The minimum absolute atomic E-state index is 0.691. The van der Waals surface area contributed by atoms with Gasteiger partial charge in [0.05, 0.1) is 0 Å². The molecule has 0 fully saturated rings. The highest BCUT2D eigenvalue weighted by molar-refractivity contribution is 6.22. The summed E-state index contributed by atoms with van der Waals surface area (Å²) in [4.78, 5) is 0. The average Bonchev–Trinajstić information content (AvgIpc) is 2.80. The van der Waals surface area contributed by atoms with Crippen LogP contribution in [0.4, 0.5) is 0 Å². The number of aryl methyl sites for hydroxylation is 2. The largest absolute Gasteiger partial charge is 0.335 e. The highest BCUT2D eigenvalue weighted by atomic mass is 35.5. The van der Waals surface area contributed by atoms with Gasteiger partial charge in [-0.3, -0.25) is 0 Å². The smallest absolute Gasteiger partial charge is 0.159 e. The molecule has 0 bridgehead atoms. The molecule has 156 valence electrons. The van der Waals surface area contributed by atoms with Gasteiger partial charge in [-0.2, -0.15) is 0 Å². The molecule has 4 rings (SSSR count).